The van der Waals surface area contributed by atoms with Crippen LogP contribution in [0.3, 0.4) is 0 Å². The summed E-state index contributed by atoms with van der Waals surface area (Å²) in [5.74, 6) is 0. The summed E-state index contributed by atoms with van der Waals surface area (Å²) in [7, 11) is 0. The first-order chi connectivity index (χ1) is 15.4. The van der Waals surface area contributed by atoms with Crippen molar-refractivity contribution in [1.82, 2.24) is 9.97 Å². The number of rotatable bonds is 3. The van der Waals surface area contributed by atoms with Gasteiger partial charge in [0.05, 0.1) is 15.9 Å². The van der Waals surface area contributed by atoms with Crippen molar-refractivity contribution in [2.24, 2.45) is 0 Å². The zero-order chi connectivity index (χ0) is 20.6. The van der Waals surface area contributed by atoms with Gasteiger partial charge in [-0.05, 0) is 46.5 Å². The van der Waals surface area contributed by atoms with Crippen molar-refractivity contribution in [2.45, 2.75) is 0 Å². The van der Waals surface area contributed by atoms with E-state index in [1.165, 1.54) is 27.0 Å². The number of thiophene rings is 1. The molecule has 146 valence electrons. The van der Waals surface area contributed by atoms with Crippen LogP contribution in [-0.2, 0) is 0 Å². The van der Waals surface area contributed by atoms with Crippen LogP contribution in [0.15, 0.2) is 109 Å². The van der Waals surface area contributed by atoms with Crippen LogP contribution in [0.2, 0.25) is 0 Å². The highest BCUT2D eigenvalue weighted by Crippen LogP contribution is 2.41. The molecule has 0 radical (unpaired) electrons. The molecule has 3 heterocycles. The van der Waals surface area contributed by atoms with Crippen LogP contribution >= 0.6 is 11.3 Å². The molecule has 3 heteroatoms. The van der Waals surface area contributed by atoms with Gasteiger partial charge < -0.3 is 0 Å². The molecule has 0 aliphatic rings. The van der Waals surface area contributed by atoms with E-state index in [1.807, 2.05) is 12.3 Å². The minimum atomic E-state index is 0.984. The molecule has 0 atom stereocenters. The normalized spacial score (nSPS) is 11.2. The third-order valence-electron chi connectivity index (χ3n) is 5.58. The minimum absolute atomic E-state index is 0.984. The molecule has 0 spiro atoms. The van der Waals surface area contributed by atoms with Gasteiger partial charge in [0.25, 0.3) is 0 Å². The van der Waals surface area contributed by atoms with Crippen LogP contribution in [0.4, 0.5) is 0 Å². The summed E-state index contributed by atoms with van der Waals surface area (Å²) in [6.07, 6.45) is 1.85. The molecule has 0 fully saturated rings. The van der Waals surface area contributed by atoms with Crippen molar-refractivity contribution in [1.29, 1.82) is 0 Å². The Bertz CT molecular complexity index is 1460. The zero-order valence-corrected chi connectivity index (χ0v) is 17.5. The molecule has 3 aromatic carbocycles. The number of nitrogens with zero attached hydrogens (tertiary/aromatic N) is 2. The predicted octanol–water partition coefficient (Wildman–Crippen LogP) is 7.85. The molecular formula is C28H18N2S. The maximum atomic E-state index is 5.13. The molecule has 0 aliphatic carbocycles. The second-order valence-corrected chi connectivity index (χ2v) is 8.49. The molecule has 31 heavy (non-hydrogen) atoms. The van der Waals surface area contributed by atoms with Gasteiger partial charge in [0.1, 0.15) is 4.83 Å². The van der Waals surface area contributed by atoms with Gasteiger partial charge in [0, 0.05) is 17.1 Å². The van der Waals surface area contributed by atoms with E-state index in [9.17, 15) is 0 Å². The number of fused-ring (bicyclic) bond motifs is 3. The van der Waals surface area contributed by atoms with Gasteiger partial charge in [0.2, 0.25) is 0 Å². The number of hydrogen-bond donors (Lipinski definition) is 0. The van der Waals surface area contributed by atoms with Gasteiger partial charge in [-0.15, -0.1) is 11.3 Å². The number of benzene rings is 3. The summed E-state index contributed by atoms with van der Waals surface area (Å²) in [4.78, 5) is 10.7. The van der Waals surface area contributed by atoms with Crippen molar-refractivity contribution in [2.75, 3.05) is 0 Å². The van der Waals surface area contributed by atoms with E-state index in [2.05, 4.69) is 102 Å². The summed E-state index contributed by atoms with van der Waals surface area (Å²) in [6, 6.07) is 36.0. The third-order valence-corrected chi connectivity index (χ3v) is 6.64. The number of hydrogen-bond acceptors (Lipinski definition) is 3. The maximum absolute atomic E-state index is 5.13. The van der Waals surface area contributed by atoms with Crippen LogP contribution in [0.5, 0.6) is 0 Å². The lowest BCUT2D eigenvalue weighted by molar-refractivity contribution is 1.41. The van der Waals surface area contributed by atoms with E-state index < -0.39 is 0 Å². The lowest BCUT2D eigenvalue weighted by Crippen LogP contribution is -1.92. The van der Waals surface area contributed by atoms with Crippen molar-refractivity contribution >= 4 is 31.8 Å². The van der Waals surface area contributed by atoms with E-state index in [0.717, 1.165) is 27.0 Å². The van der Waals surface area contributed by atoms with E-state index in [1.54, 1.807) is 11.3 Å². The maximum Gasteiger partial charge on any atom is 0.126 e. The Morgan fingerprint density at radius 2 is 1.26 bits per heavy atom. The van der Waals surface area contributed by atoms with Gasteiger partial charge in [-0.3, -0.25) is 4.98 Å². The number of aromatic nitrogens is 2. The fourth-order valence-electron chi connectivity index (χ4n) is 4.16. The lowest BCUT2D eigenvalue weighted by atomic mass is 9.89. The largest absolute Gasteiger partial charge is 0.255 e. The Kier molecular flexibility index (Phi) is 4.33. The summed E-state index contributed by atoms with van der Waals surface area (Å²) >= 11 is 1.70. The van der Waals surface area contributed by atoms with Gasteiger partial charge in [-0.2, -0.15) is 0 Å². The monoisotopic (exact) mass is 414 g/mol. The highest BCUT2D eigenvalue weighted by atomic mass is 32.1. The van der Waals surface area contributed by atoms with Gasteiger partial charge in [-0.1, -0.05) is 78.9 Å². The SMILES string of the molecule is c1ccc(-c2cccc(-c3ccccc3)c2-c2ccc3c(n2)sc2cccnc23)cc1. The van der Waals surface area contributed by atoms with Gasteiger partial charge in [-0.25, -0.2) is 4.98 Å². The van der Waals surface area contributed by atoms with E-state index in [-0.39, 0.29) is 0 Å². The van der Waals surface area contributed by atoms with Gasteiger partial charge >= 0.3 is 0 Å². The molecule has 0 saturated heterocycles. The van der Waals surface area contributed by atoms with Crippen molar-refractivity contribution < 1.29 is 0 Å². The second kappa shape index (κ2) is 7.46. The van der Waals surface area contributed by atoms with Gasteiger partial charge in [0.15, 0.2) is 0 Å². The van der Waals surface area contributed by atoms with Crippen LogP contribution in [0.25, 0.3) is 53.9 Å². The van der Waals surface area contributed by atoms with E-state index >= 15 is 0 Å². The first kappa shape index (κ1) is 18.0. The van der Waals surface area contributed by atoms with Crippen molar-refractivity contribution in [3.8, 4) is 33.5 Å². The lowest BCUT2D eigenvalue weighted by Gasteiger charge is -2.15. The van der Waals surface area contributed by atoms with Crippen LogP contribution in [0, 0.1) is 0 Å². The van der Waals surface area contributed by atoms with Crippen LogP contribution in [0.1, 0.15) is 0 Å². The van der Waals surface area contributed by atoms with Crippen molar-refractivity contribution in [3.05, 3.63) is 109 Å². The first-order valence-electron chi connectivity index (χ1n) is 10.3. The molecule has 0 saturated carbocycles. The Morgan fingerprint density at radius 1 is 0.581 bits per heavy atom. The molecule has 0 bridgehead atoms. The molecule has 0 unspecified atom stereocenters. The second-order valence-electron chi connectivity index (χ2n) is 7.46. The standard InChI is InChI=1S/C28H18N2S/c1-3-9-19(10-4-1)21-13-7-14-22(20-11-5-2-6-12-20)26(21)24-17-16-23-27-25(15-8-18-29-27)31-28(23)30-24/h1-18H. The highest BCUT2D eigenvalue weighted by Gasteiger charge is 2.16. The molecule has 0 aliphatic heterocycles. The smallest absolute Gasteiger partial charge is 0.126 e. The topological polar surface area (TPSA) is 25.8 Å². The van der Waals surface area contributed by atoms with Crippen LogP contribution in [-0.4, -0.2) is 9.97 Å². The average Bonchev–Trinajstić information content (AvgIpc) is 3.22. The minimum Gasteiger partial charge on any atom is -0.255 e. The summed E-state index contributed by atoms with van der Waals surface area (Å²) in [5.41, 5.74) is 7.93. The van der Waals surface area contributed by atoms with E-state index in [4.69, 9.17) is 4.98 Å². The Hall–Kier alpha value is -3.82. The fourth-order valence-corrected chi connectivity index (χ4v) is 5.19. The summed E-state index contributed by atoms with van der Waals surface area (Å²) in [6.45, 7) is 0. The highest BCUT2D eigenvalue weighted by molar-refractivity contribution is 7.25. The molecular weight excluding hydrogens is 396 g/mol. The van der Waals surface area contributed by atoms with Crippen molar-refractivity contribution in [3.63, 3.8) is 0 Å². The predicted molar refractivity (Wildman–Crippen MR) is 131 cm³/mol. The average molecular weight is 415 g/mol. The van der Waals surface area contributed by atoms with Crippen LogP contribution < -0.4 is 0 Å². The quantitative estimate of drug-likeness (QED) is 0.295. The molecule has 2 nitrogen and oxygen atoms in total. The Labute approximate surface area is 184 Å². The zero-order valence-electron chi connectivity index (χ0n) is 16.7. The number of pyridine rings is 2. The third kappa shape index (κ3) is 3.11. The molecule has 6 rings (SSSR count). The first-order valence-corrected chi connectivity index (χ1v) is 11.1. The molecule has 3 aromatic heterocycles. The fraction of sp³-hybridized carbons (Fsp3) is 0. The Balaban J connectivity index is 1.65. The summed E-state index contributed by atoms with van der Waals surface area (Å²) in [5, 5.41) is 1.11. The molecule has 0 amide bonds. The summed E-state index contributed by atoms with van der Waals surface area (Å²) < 4.78 is 1.17. The Morgan fingerprint density at radius 3 is 1.94 bits per heavy atom. The van der Waals surface area contributed by atoms with E-state index in [0.29, 0.717) is 0 Å². The molecule has 0 N–H and O–H groups in total. The molecule has 6 aromatic rings.